The highest BCUT2D eigenvalue weighted by molar-refractivity contribution is 9.11. The van der Waals surface area contributed by atoms with Gasteiger partial charge in [-0.2, -0.15) is 0 Å². The molecule has 19 heavy (non-hydrogen) atoms. The normalized spacial score (nSPS) is 12.3. The third-order valence-electron chi connectivity index (χ3n) is 2.76. The summed E-state index contributed by atoms with van der Waals surface area (Å²) in [6.45, 7) is 1.92. The molecule has 0 spiro atoms. The van der Waals surface area contributed by atoms with Crippen molar-refractivity contribution in [2.45, 2.75) is 32.2 Å². The summed E-state index contributed by atoms with van der Waals surface area (Å²) in [6, 6.07) is 4.07. The van der Waals surface area contributed by atoms with Crippen LogP contribution >= 0.6 is 27.3 Å². The number of aromatic amines is 1. The molecule has 1 amide bonds. The largest absolute Gasteiger partial charge is 0.347 e. The van der Waals surface area contributed by atoms with E-state index in [1.807, 2.05) is 13.0 Å². The van der Waals surface area contributed by atoms with Crippen molar-refractivity contribution in [3.63, 3.8) is 0 Å². The second-order valence-electron chi connectivity index (χ2n) is 4.32. The Bertz CT molecular complexity index is 524. The van der Waals surface area contributed by atoms with Crippen LogP contribution in [0.15, 0.2) is 28.3 Å². The van der Waals surface area contributed by atoms with E-state index in [1.165, 1.54) is 4.88 Å². The van der Waals surface area contributed by atoms with Gasteiger partial charge >= 0.3 is 0 Å². The average molecular weight is 342 g/mol. The van der Waals surface area contributed by atoms with E-state index >= 15 is 0 Å². The summed E-state index contributed by atoms with van der Waals surface area (Å²) in [5, 5.41) is 2.94. The molecule has 0 aromatic carbocycles. The van der Waals surface area contributed by atoms with E-state index in [1.54, 1.807) is 23.7 Å². The van der Waals surface area contributed by atoms with Gasteiger partial charge in [-0.1, -0.05) is 0 Å². The second-order valence-corrected chi connectivity index (χ2v) is 6.87. The molecule has 2 aromatic rings. The summed E-state index contributed by atoms with van der Waals surface area (Å²) in [7, 11) is 0. The molecule has 0 aliphatic rings. The molecule has 2 N–H and O–H groups in total. The number of nitrogens with zero attached hydrogens (tertiary/aromatic N) is 1. The molecule has 1 atom stereocenters. The van der Waals surface area contributed by atoms with E-state index in [2.05, 4.69) is 37.3 Å². The van der Waals surface area contributed by atoms with Crippen molar-refractivity contribution in [3.8, 4) is 0 Å². The summed E-state index contributed by atoms with van der Waals surface area (Å²) in [6.07, 6.45) is 5.79. The molecule has 4 nitrogen and oxygen atoms in total. The van der Waals surface area contributed by atoms with Gasteiger partial charge in [-0.15, -0.1) is 11.3 Å². The minimum atomic E-state index is -0.0709. The summed E-state index contributed by atoms with van der Waals surface area (Å²) >= 11 is 5.16. The number of aryl methyl sites for hydroxylation is 1. The number of thiophene rings is 1. The minimum absolute atomic E-state index is 0.0690. The zero-order valence-corrected chi connectivity index (χ0v) is 13.1. The van der Waals surface area contributed by atoms with Crippen LogP contribution in [0.2, 0.25) is 0 Å². The molecule has 6 heteroatoms. The summed E-state index contributed by atoms with van der Waals surface area (Å²) in [5.74, 6) is 0.857. The zero-order valence-electron chi connectivity index (χ0n) is 10.6. The van der Waals surface area contributed by atoms with Crippen LogP contribution in [0.1, 0.15) is 36.5 Å². The highest BCUT2D eigenvalue weighted by Gasteiger charge is 2.11. The fraction of sp³-hybridized carbons (Fsp3) is 0.385. The highest BCUT2D eigenvalue weighted by atomic mass is 79.9. The van der Waals surface area contributed by atoms with Crippen LogP contribution < -0.4 is 5.32 Å². The predicted molar refractivity (Wildman–Crippen MR) is 80.1 cm³/mol. The molecule has 1 unspecified atom stereocenters. The van der Waals surface area contributed by atoms with E-state index in [4.69, 9.17) is 0 Å². The molecule has 0 bridgehead atoms. The average Bonchev–Trinajstić information content (AvgIpc) is 3.00. The first-order valence-electron chi connectivity index (χ1n) is 6.18. The van der Waals surface area contributed by atoms with Gasteiger partial charge in [0.25, 0.3) is 0 Å². The number of H-pyrrole nitrogens is 1. The molecule has 2 rings (SSSR count). The number of hydrogen-bond donors (Lipinski definition) is 2. The highest BCUT2D eigenvalue weighted by Crippen LogP contribution is 2.23. The molecule has 2 heterocycles. The molecular formula is C13H16BrN3OS. The molecule has 0 aliphatic carbocycles. The summed E-state index contributed by atoms with van der Waals surface area (Å²) < 4.78 is 1.14. The van der Waals surface area contributed by atoms with Crippen LogP contribution in [0.4, 0.5) is 0 Å². The molecule has 0 saturated carbocycles. The first-order chi connectivity index (χ1) is 9.15. The van der Waals surface area contributed by atoms with Crippen molar-refractivity contribution >= 4 is 33.2 Å². The number of amides is 1. The minimum Gasteiger partial charge on any atom is -0.347 e. The number of carbonyl (C=O) groups is 1. The Morgan fingerprint density at radius 2 is 2.42 bits per heavy atom. The van der Waals surface area contributed by atoms with Gasteiger partial charge in [0.2, 0.25) is 5.91 Å². The topological polar surface area (TPSA) is 57.8 Å². The van der Waals surface area contributed by atoms with Crippen molar-refractivity contribution < 1.29 is 4.79 Å². The molecule has 0 aliphatic heterocycles. The van der Waals surface area contributed by atoms with Crippen molar-refractivity contribution in [2.75, 3.05) is 0 Å². The monoisotopic (exact) mass is 341 g/mol. The van der Waals surface area contributed by atoms with Crippen LogP contribution in [-0.2, 0) is 11.2 Å². The lowest BCUT2D eigenvalue weighted by atomic mass is 10.2. The van der Waals surface area contributed by atoms with Crippen molar-refractivity contribution in [1.29, 1.82) is 0 Å². The number of carbonyl (C=O) groups excluding carboxylic acids is 1. The van der Waals surface area contributed by atoms with E-state index in [0.29, 0.717) is 6.42 Å². The van der Waals surface area contributed by atoms with E-state index in [9.17, 15) is 4.79 Å². The van der Waals surface area contributed by atoms with E-state index in [-0.39, 0.29) is 11.9 Å². The van der Waals surface area contributed by atoms with Crippen molar-refractivity contribution in [1.82, 2.24) is 15.3 Å². The fourth-order valence-electron chi connectivity index (χ4n) is 1.81. The molecule has 0 saturated heterocycles. The predicted octanol–water partition coefficient (Wildman–Crippen LogP) is 3.43. The molecule has 0 radical (unpaired) electrons. The molecule has 2 aromatic heterocycles. The number of hydrogen-bond acceptors (Lipinski definition) is 3. The number of aromatic nitrogens is 2. The first-order valence-corrected chi connectivity index (χ1v) is 7.79. The van der Waals surface area contributed by atoms with E-state index in [0.717, 1.165) is 22.5 Å². The molecule has 102 valence electrons. The van der Waals surface area contributed by atoms with Gasteiger partial charge in [-0.3, -0.25) is 4.79 Å². The Balaban J connectivity index is 1.70. The Hall–Kier alpha value is -1.14. The Morgan fingerprint density at radius 1 is 1.58 bits per heavy atom. The number of halogens is 1. The smallest absolute Gasteiger partial charge is 0.220 e. The third kappa shape index (κ3) is 4.47. The molecule has 0 fully saturated rings. The fourth-order valence-corrected chi connectivity index (χ4v) is 3.33. The number of nitrogens with one attached hydrogen (secondary N) is 2. The standard InChI is InChI=1S/C13H16BrN3OS/c1-9(13-15-7-8-16-13)17-12(18)4-2-3-10-5-6-11(14)19-10/h5-9H,2-4H2,1H3,(H,15,16)(H,17,18). The van der Waals surface area contributed by atoms with Gasteiger partial charge in [0, 0.05) is 23.7 Å². The maximum atomic E-state index is 11.8. The van der Waals surface area contributed by atoms with Crippen LogP contribution in [-0.4, -0.2) is 15.9 Å². The van der Waals surface area contributed by atoms with Crippen molar-refractivity contribution in [3.05, 3.63) is 39.0 Å². The molecular weight excluding hydrogens is 326 g/mol. The van der Waals surface area contributed by atoms with Gasteiger partial charge < -0.3 is 10.3 Å². The van der Waals surface area contributed by atoms with Gasteiger partial charge in [-0.25, -0.2) is 4.98 Å². The van der Waals surface area contributed by atoms with Crippen LogP contribution in [0.5, 0.6) is 0 Å². The van der Waals surface area contributed by atoms with Crippen LogP contribution in [0.25, 0.3) is 0 Å². The second kappa shape index (κ2) is 6.86. The Morgan fingerprint density at radius 3 is 3.05 bits per heavy atom. The van der Waals surface area contributed by atoms with Crippen LogP contribution in [0, 0.1) is 0 Å². The lowest BCUT2D eigenvalue weighted by molar-refractivity contribution is -0.121. The maximum absolute atomic E-state index is 11.8. The first kappa shape index (κ1) is 14.3. The van der Waals surface area contributed by atoms with Gasteiger partial charge in [0.05, 0.1) is 9.83 Å². The van der Waals surface area contributed by atoms with E-state index < -0.39 is 0 Å². The lowest BCUT2D eigenvalue weighted by Gasteiger charge is -2.11. The summed E-state index contributed by atoms with van der Waals surface area (Å²) in [4.78, 5) is 20.2. The Labute approximate surface area is 124 Å². The van der Waals surface area contributed by atoms with Crippen molar-refractivity contribution in [2.24, 2.45) is 0 Å². The maximum Gasteiger partial charge on any atom is 0.220 e. The quantitative estimate of drug-likeness (QED) is 0.845. The zero-order chi connectivity index (χ0) is 13.7. The number of rotatable bonds is 6. The number of imidazole rings is 1. The SMILES string of the molecule is CC(NC(=O)CCCc1ccc(Br)s1)c1ncc[nH]1. The van der Waals surface area contributed by atoms with Gasteiger partial charge in [-0.05, 0) is 47.8 Å². The van der Waals surface area contributed by atoms with Gasteiger partial charge in [0.1, 0.15) is 5.82 Å². The summed E-state index contributed by atoms with van der Waals surface area (Å²) in [5.41, 5.74) is 0. The third-order valence-corrected chi connectivity index (χ3v) is 4.45. The van der Waals surface area contributed by atoms with Gasteiger partial charge in [0.15, 0.2) is 0 Å². The van der Waals surface area contributed by atoms with Crippen LogP contribution in [0.3, 0.4) is 0 Å². The Kier molecular flexibility index (Phi) is 5.15. The lowest BCUT2D eigenvalue weighted by Crippen LogP contribution is -2.27.